The number of thiazole rings is 1. The van der Waals surface area contributed by atoms with Crippen molar-refractivity contribution in [1.29, 1.82) is 0 Å². The summed E-state index contributed by atoms with van der Waals surface area (Å²) in [5.74, 6) is -0.474. The number of methoxy groups -OCH3 is 1. The summed E-state index contributed by atoms with van der Waals surface area (Å²) in [6.45, 7) is 1.94. The molecule has 3 heterocycles. The van der Waals surface area contributed by atoms with E-state index in [9.17, 15) is 9.59 Å². The Balaban J connectivity index is 2.01. The van der Waals surface area contributed by atoms with Crippen LogP contribution in [0.1, 0.15) is 30.6 Å². The second-order valence-electron chi connectivity index (χ2n) is 6.45. The minimum atomic E-state index is -0.583. The second-order valence-corrected chi connectivity index (χ2v) is 7.46. The summed E-state index contributed by atoms with van der Waals surface area (Å²) in [6.07, 6.45) is 3.98. The third kappa shape index (κ3) is 3.45. The molecule has 0 spiro atoms. The number of pyridine rings is 1. The number of rotatable bonds is 4. The second kappa shape index (κ2) is 7.97. The Labute approximate surface area is 171 Å². The lowest BCUT2D eigenvalue weighted by atomic mass is 9.95. The summed E-state index contributed by atoms with van der Waals surface area (Å²) in [7, 11) is 1.34. The van der Waals surface area contributed by atoms with Crippen molar-refractivity contribution < 1.29 is 9.53 Å². The fourth-order valence-electron chi connectivity index (χ4n) is 3.41. The van der Waals surface area contributed by atoms with Gasteiger partial charge in [-0.25, -0.2) is 9.79 Å². The quantitative estimate of drug-likeness (QED) is 0.624. The van der Waals surface area contributed by atoms with Crippen LogP contribution in [0.3, 0.4) is 0 Å². The van der Waals surface area contributed by atoms with Crippen molar-refractivity contribution in [2.75, 3.05) is 7.11 Å². The van der Waals surface area contributed by atoms with Crippen LogP contribution in [0.15, 0.2) is 75.8 Å². The monoisotopic (exact) mass is 405 g/mol. The number of ether oxygens (including phenoxy) is 1. The average molecular weight is 405 g/mol. The van der Waals surface area contributed by atoms with Gasteiger partial charge in [0, 0.05) is 6.20 Å². The molecule has 0 N–H and O–H groups in total. The maximum atomic E-state index is 13.3. The summed E-state index contributed by atoms with van der Waals surface area (Å²) in [5, 5.41) is 0. The first kappa shape index (κ1) is 19.0. The van der Waals surface area contributed by atoms with Gasteiger partial charge in [-0.3, -0.25) is 14.3 Å². The fourth-order valence-corrected chi connectivity index (χ4v) is 4.42. The first-order chi connectivity index (χ1) is 14.1. The molecule has 146 valence electrons. The summed E-state index contributed by atoms with van der Waals surface area (Å²) >= 11 is 1.30. The van der Waals surface area contributed by atoms with E-state index < -0.39 is 12.0 Å². The molecule has 1 atom stereocenters. The van der Waals surface area contributed by atoms with Gasteiger partial charge in [-0.05, 0) is 30.2 Å². The van der Waals surface area contributed by atoms with E-state index in [1.165, 1.54) is 18.4 Å². The number of benzene rings is 1. The van der Waals surface area contributed by atoms with Gasteiger partial charge in [0.1, 0.15) is 0 Å². The molecule has 3 aromatic rings. The number of hydrogen-bond acceptors (Lipinski definition) is 6. The Morgan fingerprint density at radius 1 is 1.21 bits per heavy atom. The van der Waals surface area contributed by atoms with E-state index >= 15 is 0 Å². The SMILES string of the molecule is CCC1=C(C(=O)OC)[C@H](c2ccccc2)n2c(s/c(=C\c3ccccn3)c2=O)=N1. The molecule has 0 amide bonds. The van der Waals surface area contributed by atoms with Gasteiger partial charge in [-0.2, -0.15) is 0 Å². The third-order valence-corrected chi connectivity index (χ3v) is 5.72. The van der Waals surface area contributed by atoms with Gasteiger partial charge >= 0.3 is 5.97 Å². The number of carbonyl (C=O) groups excluding carboxylic acids is 1. The lowest BCUT2D eigenvalue weighted by molar-refractivity contribution is -0.136. The van der Waals surface area contributed by atoms with Gasteiger partial charge < -0.3 is 4.74 Å². The number of nitrogens with zero attached hydrogens (tertiary/aromatic N) is 3. The highest BCUT2D eigenvalue weighted by molar-refractivity contribution is 7.07. The molecule has 6 nitrogen and oxygen atoms in total. The number of carbonyl (C=O) groups is 1. The molecule has 0 radical (unpaired) electrons. The zero-order valence-electron chi connectivity index (χ0n) is 16.0. The van der Waals surface area contributed by atoms with E-state index in [2.05, 4.69) is 9.98 Å². The number of hydrogen-bond donors (Lipinski definition) is 0. The fraction of sp³-hybridized carbons (Fsp3) is 0.182. The molecule has 1 aliphatic heterocycles. The highest BCUT2D eigenvalue weighted by Crippen LogP contribution is 2.31. The molecule has 0 unspecified atom stereocenters. The topological polar surface area (TPSA) is 73.6 Å². The Morgan fingerprint density at radius 3 is 2.62 bits per heavy atom. The van der Waals surface area contributed by atoms with Crippen LogP contribution in [-0.4, -0.2) is 22.6 Å². The van der Waals surface area contributed by atoms with Gasteiger partial charge in [0.05, 0.1) is 34.6 Å². The number of allylic oxidation sites excluding steroid dienone is 1. The first-order valence-corrected chi connectivity index (χ1v) is 10.0. The zero-order chi connectivity index (χ0) is 20.4. The van der Waals surface area contributed by atoms with Crippen molar-refractivity contribution in [2.45, 2.75) is 19.4 Å². The first-order valence-electron chi connectivity index (χ1n) is 9.23. The Hall–Kier alpha value is -3.32. The summed E-state index contributed by atoms with van der Waals surface area (Å²) < 4.78 is 7.15. The van der Waals surface area contributed by atoms with Crippen molar-refractivity contribution in [2.24, 2.45) is 4.99 Å². The van der Waals surface area contributed by atoms with E-state index in [0.29, 0.717) is 32.7 Å². The van der Waals surface area contributed by atoms with Gasteiger partial charge in [0.25, 0.3) is 5.56 Å². The number of aromatic nitrogens is 2. The van der Waals surface area contributed by atoms with E-state index in [0.717, 1.165) is 5.56 Å². The molecule has 7 heteroatoms. The molecule has 0 aliphatic carbocycles. The van der Waals surface area contributed by atoms with Gasteiger partial charge in [-0.1, -0.05) is 54.7 Å². The molecule has 0 saturated heterocycles. The molecular formula is C22H19N3O3S. The predicted molar refractivity (Wildman–Crippen MR) is 111 cm³/mol. The highest BCUT2D eigenvalue weighted by atomic mass is 32.1. The zero-order valence-corrected chi connectivity index (χ0v) is 16.8. The molecule has 1 aromatic carbocycles. The molecular weight excluding hydrogens is 386 g/mol. The van der Waals surface area contributed by atoms with Crippen molar-refractivity contribution >= 4 is 23.4 Å². The van der Waals surface area contributed by atoms with Crippen LogP contribution in [0.4, 0.5) is 0 Å². The Bertz CT molecular complexity index is 1260. The van der Waals surface area contributed by atoms with Crippen LogP contribution < -0.4 is 14.9 Å². The molecule has 4 rings (SSSR count). The third-order valence-electron chi connectivity index (χ3n) is 4.73. The van der Waals surface area contributed by atoms with Crippen LogP contribution in [-0.2, 0) is 9.53 Å². The predicted octanol–water partition coefficient (Wildman–Crippen LogP) is 2.19. The van der Waals surface area contributed by atoms with E-state index in [1.807, 2.05) is 55.5 Å². The average Bonchev–Trinajstić information content (AvgIpc) is 3.08. The molecule has 2 aromatic heterocycles. The van der Waals surface area contributed by atoms with Crippen molar-refractivity contribution in [1.82, 2.24) is 9.55 Å². The smallest absolute Gasteiger partial charge is 0.338 e. The minimum absolute atomic E-state index is 0.204. The van der Waals surface area contributed by atoms with Crippen molar-refractivity contribution in [3.05, 3.63) is 96.9 Å². The standard InChI is InChI=1S/C22H19N3O3S/c1-3-16-18(21(27)28-2)19(14-9-5-4-6-10-14)25-20(26)17(29-22(25)24-16)13-15-11-7-8-12-23-15/h4-13,19H,3H2,1-2H3/b17-13-/t19-/m0/s1. The molecule has 0 saturated carbocycles. The van der Waals surface area contributed by atoms with Crippen molar-refractivity contribution in [3.8, 4) is 0 Å². The number of esters is 1. The van der Waals surface area contributed by atoms with E-state index in [1.54, 1.807) is 16.8 Å². The lowest BCUT2D eigenvalue weighted by Gasteiger charge is -2.25. The largest absolute Gasteiger partial charge is 0.466 e. The number of fused-ring (bicyclic) bond motifs is 1. The van der Waals surface area contributed by atoms with Gasteiger partial charge in [0.15, 0.2) is 4.80 Å². The van der Waals surface area contributed by atoms with Gasteiger partial charge in [0.2, 0.25) is 0 Å². The highest BCUT2D eigenvalue weighted by Gasteiger charge is 2.33. The van der Waals surface area contributed by atoms with Crippen molar-refractivity contribution in [3.63, 3.8) is 0 Å². The molecule has 1 aliphatic rings. The minimum Gasteiger partial charge on any atom is -0.466 e. The van der Waals surface area contributed by atoms with E-state index in [4.69, 9.17) is 4.74 Å². The Kier molecular flexibility index (Phi) is 5.22. The molecule has 0 bridgehead atoms. The summed E-state index contributed by atoms with van der Waals surface area (Å²) in [5.41, 5.74) is 2.36. The Morgan fingerprint density at radius 2 is 1.97 bits per heavy atom. The normalized spacial score (nSPS) is 16.3. The van der Waals surface area contributed by atoms with Crippen LogP contribution in [0.25, 0.3) is 6.08 Å². The summed E-state index contributed by atoms with van der Waals surface area (Å²) in [6, 6.07) is 14.4. The van der Waals surface area contributed by atoms with Crippen LogP contribution in [0.2, 0.25) is 0 Å². The molecule has 29 heavy (non-hydrogen) atoms. The van der Waals surface area contributed by atoms with Gasteiger partial charge in [-0.15, -0.1) is 0 Å². The van der Waals surface area contributed by atoms with Crippen LogP contribution in [0, 0.1) is 0 Å². The lowest BCUT2D eigenvalue weighted by Crippen LogP contribution is -2.40. The maximum Gasteiger partial charge on any atom is 0.338 e. The van der Waals surface area contributed by atoms with Crippen LogP contribution >= 0.6 is 11.3 Å². The van der Waals surface area contributed by atoms with Crippen LogP contribution in [0.5, 0.6) is 0 Å². The molecule has 0 fully saturated rings. The summed E-state index contributed by atoms with van der Waals surface area (Å²) in [4.78, 5) is 35.5. The maximum absolute atomic E-state index is 13.3. The van der Waals surface area contributed by atoms with E-state index in [-0.39, 0.29) is 5.56 Å².